The Bertz CT molecular complexity index is 1220. The fourth-order valence-electron chi connectivity index (χ4n) is 3.32. The second kappa shape index (κ2) is 7.77. The molecule has 1 N–H and O–H groups in total. The van der Waals surface area contributed by atoms with Crippen LogP contribution < -0.4 is 5.32 Å². The molecule has 0 atom stereocenters. The number of rotatable bonds is 3. The van der Waals surface area contributed by atoms with Crippen LogP contribution in [0.2, 0.25) is 15.1 Å². The summed E-state index contributed by atoms with van der Waals surface area (Å²) in [7, 11) is 0. The minimum atomic E-state index is -0.153. The third-order valence-corrected chi connectivity index (χ3v) is 5.49. The number of fused-ring (bicyclic) bond motifs is 1. The normalized spacial score (nSPS) is 11.8. The van der Waals surface area contributed by atoms with Crippen LogP contribution in [-0.2, 0) is 5.41 Å². The molecular weight excluding hydrogens is 439 g/mol. The van der Waals surface area contributed by atoms with E-state index in [-0.39, 0.29) is 5.41 Å². The van der Waals surface area contributed by atoms with E-state index in [1.165, 1.54) is 0 Å². The highest BCUT2D eigenvalue weighted by molar-refractivity contribution is 6.35. The van der Waals surface area contributed by atoms with Gasteiger partial charge in [0.05, 0.1) is 11.4 Å². The van der Waals surface area contributed by atoms with Crippen LogP contribution in [0.3, 0.4) is 0 Å². The molecule has 7 heteroatoms. The largest absolute Gasteiger partial charge is 0.340 e. The molecule has 0 saturated heterocycles. The number of nitrogens with one attached hydrogen (secondary N) is 1. The van der Waals surface area contributed by atoms with Gasteiger partial charge in [-0.3, -0.25) is 0 Å². The molecule has 0 saturated carbocycles. The summed E-state index contributed by atoms with van der Waals surface area (Å²) >= 11 is 18.5. The summed E-state index contributed by atoms with van der Waals surface area (Å²) in [6.45, 7) is 8.39. The Morgan fingerprint density at radius 1 is 0.867 bits per heavy atom. The van der Waals surface area contributed by atoms with Crippen LogP contribution in [0, 0.1) is 6.92 Å². The second-order valence-corrected chi connectivity index (χ2v) is 9.57. The van der Waals surface area contributed by atoms with Gasteiger partial charge in [0.15, 0.2) is 5.65 Å². The maximum Gasteiger partial charge on any atom is 0.165 e. The lowest BCUT2D eigenvalue weighted by atomic mass is 9.92. The molecule has 0 bridgehead atoms. The molecule has 154 valence electrons. The van der Waals surface area contributed by atoms with Gasteiger partial charge in [0, 0.05) is 37.8 Å². The number of halogens is 3. The minimum absolute atomic E-state index is 0.153. The van der Waals surface area contributed by atoms with Gasteiger partial charge in [0.25, 0.3) is 0 Å². The smallest absolute Gasteiger partial charge is 0.165 e. The van der Waals surface area contributed by atoms with E-state index >= 15 is 0 Å². The molecule has 4 rings (SSSR count). The predicted octanol–water partition coefficient (Wildman–Crippen LogP) is 7.71. The fraction of sp³-hybridized carbons (Fsp3) is 0.217. The van der Waals surface area contributed by atoms with E-state index in [4.69, 9.17) is 44.9 Å². The summed E-state index contributed by atoms with van der Waals surface area (Å²) in [4.78, 5) is 4.98. The molecule has 0 aliphatic carbocycles. The molecule has 4 nitrogen and oxygen atoms in total. The third-order valence-electron chi connectivity index (χ3n) is 4.80. The number of anilines is 2. The lowest BCUT2D eigenvalue weighted by Gasteiger charge is -2.20. The molecule has 0 aliphatic rings. The van der Waals surface area contributed by atoms with E-state index < -0.39 is 0 Å². The number of hydrogen-bond donors (Lipinski definition) is 1. The van der Waals surface area contributed by atoms with Gasteiger partial charge < -0.3 is 5.32 Å². The van der Waals surface area contributed by atoms with Gasteiger partial charge in [-0.15, -0.1) is 0 Å². The zero-order valence-electron chi connectivity index (χ0n) is 17.1. The Balaban J connectivity index is 1.95. The van der Waals surface area contributed by atoms with Gasteiger partial charge in [-0.1, -0.05) is 67.7 Å². The first kappa shape index (κ1) is 21.0. The second-order valence-electron chi connectivity index (χ2n) is 8.26. The first-order valence-corrected chi connectivity index (χ1v) is 10.6. The molecule has 0 amide bonds. The molecule has 0 spiro atoms. The van der Waals surface area contributed by atoms with Crippen LogP contribution in [0.1, 0.15) is 32.2 Å². The first-order valence-electron chi connectivity index (χ1n) is 9.52. The van der Waals surface area contributed by atoms with Crippen LogP contribution in [0.15, 0.2) is 48.5 Å². The molecular formula is C23H21Cl3N4. The fourth-order valence-corrected chi connectivity index (χ4v) is 3.98. The highest BCUT2D eigenvalue weighted by Gasteiger charge is 2.22. The molecule has 0 fully saturated rings. The lowest BCUT2D eigenvalue weighted by Crippen LogP contribution is -2.16. The average molecular weight is 460 g/mol. The summed E-state index contributed by atoms with van der Waals surface area (Å²) in [6, 6.07) is 15.1. The predicted molar refractivity (Wildman–Crippen MR) is 127 cm³/mol. The number of aryl methyl sites for hydroxylation is 1. The number of hydrogen-bond acceptors (Lipinski definition) is 3. The quantitative estimate of drug-likeness (QED) is 0.341. The summed E-state index contributed by atoms with van der Waals surface area (Å²) < 4.78 is 1.82. The Morgan fingerprint density at radius 2 is 1.50 bits per heavy atom. The first-order chi connectivity index (χ1) is 14.1. The van der Waals surface area contributed by atoms with Gasteiger partial charge in [-0.05, 0) is 42.8 Å². The SMILES string of the molecule is Cc1nn2c(Nc3cc(Cl)cc(Cl)c3)cc(C(C)(C)C)nc2c1-c1ccc(Cl)cc1. The maximum atomic E-state index is 6.19. The number of aromatic nitrogens is 3. The van der Waals surface area contributed by atoms with E-state index in [0.717, 1.165) is 39.7 Å². The van der Waals surface area contributed by atoms with Crippen molar-refractivity contribution < 1.29 is 0 Å². The molecule has 0 aliphatic heterocycles. The Hall–Kier alpha value is -2.27. The van der Waals surface area contributed by atoms with Gasteiger partial charge in [-0.25, -0.2) is 4.98 Å². The topological polar surface area (TPSA) is 42.2 Å². The van der Waals surface area contributed by atoms with Crippen LogP contribution in [0.5, 0.6) is 0 Å². The van der Waals surface area contributed by atoms with Gasteiger partial charge in [-0.2, -0.15) is 9.61 Å². The monoisotopic (exact) mass is 458 g/mol. The molecule has 0 unspecified atom stereocenters. The van der Waals surface area contributed by atoms with Gasteiger partial charge >= 0.3 is 0 Å². The maximum absolute atomic E-state index is 6.19. The number of nitrogens with zero attached hydrogens (tertiary/aromatic N) is 3. The standard InChI is InChI=1S/C23H21Cl3N4/c1-13-21(14-5-7-15(24)8-6-14)22-28-19(23(2,3)4)12-20(30(22)29-13)27-18-10-16(25)9-17(26)11-18/h5-12,27H,1-4H3. The molecule has 2 aromatic carbocycles. The van der Waals surface area contributed by atoms with Gasteiger partial charge in [0.2, 0.25) is 0 Å². The van der Waals surface area contributed by atoms with Crippen molar-refractivity contribution in [2.24, 2.45) is 0 Å². The van der Waals surface area contributed by atoms with E-state index in [1.54, 1.807) is 6.07 Å². The van der Waals surface area contributed by atoms with Crippen molar-refractivity contribution >= 4 is 52.0 Å². The summed E-state index contributed by atoms with van der Waals surface area (Å²) in [6.07, 6.45) is 0. The van der Waals surface area contributed by atoms with E-state index in [1.807, 2.05) is 53.9 Å². The van der Waals surface area contributed by atoms with Crippen LogP contribution >= 0.6 is 34.8 Å². The van der Waals surface area contributed by atoms with Crippen molar-refractivity contribution in [3.63, 3.8) is 0 Å². The van der Waals surface area contributed by atoms with E-state index in [0.29, 0.717) is 15.1 Å². The van der Waals surface area contributed by atoms with Gasteiger partial charge in [0.1, 0.15) is 5.82 Å². The van der Waals surface area contributed by atoms with Crippen molar-refractivity contribution in [1.82, 2.24) is 14.6 Å². The van der Waals surface area contributed by atoms with Crippen LogP contribution in [0.4, 0.5) is 11.5 Å². The average Bonchev–Trinajstić information content (AvgIpc) is 2.97. The molecule has 30 heavy (non-hydrogen) atoms. The van der Waals surface area contributed by atoms with Crippen molar-refractivity contribution in [1.29, 1.82) is 0 Å². The third kappa shape index (κ3) is 4.13. The highest BCUT2D eigenvalue weighted by Crippen LogP contribution is 2.34. The Kier molecular flexibility index (Phi) is 5.43. The highest BCUT2D eigenvalue weighted by atomic mass is 35.5. The van der Waals surface area contributed by atoms with E-state index in [2.05, 4.69) is 26.1 Å². The van der Waals surface area contributed by atoms with Crippen molar-refractivity contribution in [2.45, 2.75) is 33.1 Å². The molecule has 2 aromatic heterocycles. The number of benzene rings is 2. The van der Waals surface area contributed by atoms with Crippen LogP contribution in [0.25, 0.3) is 16.8 Å². The summed E-state index contributed by atoms with van der Waals surface area (Å²) in [5.74, 6) is 0.784. The molecule has 2 heterocycles. The lowest BCUT2D eigenvalue weighted by molar-refractivity contribution is 0.569. The Morgan fingerprint density at radius 3 is 2.10 bits per heavy atom. The van der Waals surface area contributed by atoms with Crippen LogP contribution in [-0.4, -0.2) is 14.6 Å². The Labute approximate surface area is 190 Å². The van der Waals surface area contributed by atoms with E-state index in [9.17, 15) is 0 Å². The summed E-state index contributed by atoms with van der Waals surface area (Å²) in [5.41, 5.74) is 5.22. The van der Waals surface area contributed by atoms with Crippen molar-refractivity contribution in [3.8, 4) is 11.1 Å². The minimum Gasteiger partial charge on any atom is -0.340 e. The van der Waals surface area contributed by atoms with Crippen molar-refractivity contribution in [2.75, 3.05) is 5.32 Å². The molecule has 4 aromatic rings. The van der Waals surface area contributed by atoms with Crippen molar-refractivity contribution in [3.05, 3.63) is 75.0 Å². The summed E-state index contributed by atoms with van der Waals surface area (Å²) in [5, 5.41) is 9.99. The molecule has 0 radical (unpaired) electrons. The zero-order valence-corrected chi connectivity index (χ0v) is 19.4. The zero-order chi connectivity index (χ0) is 21.6.